The second-order valence-corrected chi connectivity index (χ2v) is 5.43. The first-order chi connectivity index (χ1) is 12.2. The van der Waals surface area contributed by atoms with Gasteiger partial charge in [0.25, 0.3) is 0 Å². The predicted octanol–water partition coefficient (Wildman–Crippen LogP) is 3.91. The fourth-order valence-corrected chi connectivity index (χ4v) is 2.64. The number of carbonyl (C=O) groups excluding carboxylic acids is 1. The Morgan fingerprint density at radius 2 is 1.96 bits per heavy atom. The first kappa shape index (κ1) is 16.6. The molecule has 0 saturated carbocycles. The summed E-state index contributed by atoms with van der Waals surface area (Å²) in [5, 5.41) is 1.13. The Balaban J connectivity index is 1.85. The minimum Gasteiger partial charge on any atom is -0.503 e. The Kier molecular flexibility index (Phi) is 5.04. The van der Waals surface area contributed by atoms with Gasteiger partial charge >= 0.3 is 5.97 Å². The number of methoxy groups -OCH3 is 2. The molecule has 0 fully saturated rings. The van der Waals surface area contributed by atoms with Gasteiger partial charge in [0.1, 0.15) is 17.9 Å². The zero-order valence-electron chi connectivity index (χ0n) is 14.1. The van der Waals surface area contributed by atoms with Crippen molar-refractivity contribution in [3.8, 4) is 5.75 Å². The summed E-state index contributed by atoms with van der Waals surface area (Å²) in [7, 11) is 2.84. The summed E-state index contributed by atoms with van der Waals surface area (Å²) in [6.07, 6.45) is 3.28. The van der Waals surface area contributed by atoms with Crippen LogP contribution < -0.4 is 4.74 Å². The van der Waals surface area contributed by atoms with Gasteiger partial charge in [0.15, 0.2) is 0 Å². The van der Waals surface area contributed by atoms with Crippen LogP contribution >= 0.6 is 0 Å². The highest BCUT2D eigenvalue weighted by Gasteiger charge is 2.16. The predicted molar refractivity (Wildman–Crippen MR) is 96.1 cm³/mol. The van der Waals surface area contributed by atoms with Crippen molar-refractivity contribution in [3.63, 3.8) is 0 Å². The highest BCUT2D eigenvalue weighted by Crippen LogP contribution is 2.24. The van der Waals surface area contributed by atoms with Gasteiger partial charge in [-0.25, -0.2) is 4.79 Å². The van der Waals surface area contributed by atoms with Gasteiger partial charge in [-0.2, -0.15) is 0 Å². The third kappa shape index (κ3) is 3.66. The van der Waals surface area contributed by atoms with E-state index in [0.29, 0.717) is 12.2 Å². The number of carbonyl (C=O) groups is 1. The molecule has 3 aromatic rings. The van der Waals surface area contributed by atoms with Crippen molar-refractivity contribution in [2.75, 3.05) is 14.2 Å². The lowest BCUT2D eigenvalue weighted by atomic mass is 10.0. The number of H-pyrrole nitrogens is 1. The normalized spacial score (nSPS) is 11.4. The molecular formula is C20H19NO4. The van der Waals surface area contributed by atoms with Crippen LogP contribution in [0, 0.1) is 0 Å². The standard InChI is InChI=1S/C20H19NO4/c1-23-13-18(20(22)24-2)17-6-4-3-5-15(17)12-25-16-8-7-14-9-10-21-19(14)11-16/h3-11,13,21H,12H2,1-2H3. The molecule has 0 spiro atoms. The average molecular weight is 337 g/mol. The Bertz CT molecular complexity index is 911. The third-order valence-corrected chi connectivity index (χ3v) is 3.87. The van der Waals surface area contributed by atoms with Crippen molar-refractivity contribution in [3.05, 3.63) is 72.1 Å². The quantitative estimate of drug-likeness (QED) is 0.421. The molecule has 0 aliphatic carbocycles. The molecule has 2 aromatic carbocycles. The number of nitrogens with one attached hydrogen (secondary N) is 1. The number of esters is 1. The van der Waals surface area contributed by atoms with Crippen LogP contribution in [0.3, 0.4) is 0 Å². The summed E-state index contributed by atoms with van der Waals surface area (Å²) in [6, 6.07) is 15.4. The summed E-state index contributed by atoms with van der Waals surface area (Å²) >= 11 is 0. The topological polar surface area (TPSA) is 60.6 Å². The van der Waals surface area contributed by atoms with E-state index in [0.717, 1.165) is 27.8 Å². The van der Waals surface area contributed by atoms with E-state index < -0.39 is 5.97 Å². The van der Waals surface area contributed by atoms with Gasteiger partial charge in [0.05, 0.1) is 20.5 Å². The van der Waals surface area contributed by atoms with Crippen LogP contribution in [0.2, 0.25) is 0 Å². The molecule has 1 heterocycles. The monoisotopic (exact) mass is 337 g/mol. The van der Waals surface area contributed by atoms with Gasteiger partial charge in [-0.05, 0) is 34.7 Å². The van der Waals surface area contributed by atoms with Crippen molar-refractivity contribution >= 4 is 22.4 Å². The molecule has 0 bridgehead atoms. The van der Waals surface area contributed by atoms with E-state index in [4.69, 9.17) is 14.2 Å². The van der Waals surface area contributed by atoms with Crippen molar-refractivity contribution in [2.24, 2.45) is 0 Å². The van der Waals surface area contributed by atoms with Crippen LogP contribution in [-0.4, -0.2) is 25.2 Å². The summed E-state index contributed by atoms with van der Waals surface area (Å²) in [6.45, 7) is 0.320. The molecule has 0 aliphatic heterocycles. The van der Waals surface area contributed by atoms with Crippen LogP contribution in [0.4, 0.5) is 0 Å². The average Bonchev–Trinajstić information content (AvgIpc) is 3.12. The number of benzene rings is 2. The zero-order chi connectivity index (χ0) is 17.6. The Hall–Kier alpha value is -3.21. The summed E-state index contributed by atoms with van der Waals surface area (Å²) in [5.41, 5.74) is 2.95. The third-order valence-electron chi connectivity index (χ3n) is 3.87. The lowest BCUT2D eigenvalue weighted by Crippen LogP contribution is -2.08. The van der Waals surface area contributed by atoms with Crippen LogP contribution in [-0.2, 0) is 20.9 Å². The number of hydrogen-bond donors (Lipinski definition) is 1. The Morgan fingerprint density at radius 1 is 1.12 bits per heavy atom. The smallest absolute Gasteiger partial charge is 0.341 e. The molecule has 0 unspecified atom stereocenters. The van der Waals surface area contributed by atoms with E-state index in [1.807, 2.05) is 54.7 Å². The highest BCUT2D eigenvalue weighted by molar-refractivity contribution is 6.16. The van der Waals surface area contributed by atoms with E-state index in [1.165, 1.54) is 20.5 Å². The van der Waals surface area contributed by atoms with Crippen LogP contribution in [0.1, 0.15) is 11.1 Å². The van der Waals surface area contributed by atoms with Gasteiger partial charge in [0, 0.05) is 17.8 Å². The number of aromatic amines is 1. The van der Waals surface area contributed by atoms with Gasteiger partial charge in [0.2, 0.25) is 0 Å². The molecule has 1 N–H and O–H groups in total. The molecule has 0 aliphatic rings. The number of fused-ring (bicyclic) bond motifs is 1. The molecular weight excluding hydrogens is 318 g/mol. The van der Waals surface area contributed by atoms with Crippen LogP contribution in [0.25, 0.3) is 16.5 Å². The number of hydrogen-bond acceptors (Lipinski definition) is 4. The molecule has 0 radical (unpaired) electrons. The Morgan fingerprint density at radius 3 is 2.76 bits per heavy atom. The molecule has 1 aromatic heterocycles. The summed E-state index contributed by atoms with van der Waals surface area (Å²) in [5.74, 6) is 0.294. The lowest BCUT2D eigenvalue weighted by Gasteiger charge is -2.13. The minimum atomic E-state index is -0.456. The van der Waals surface area contributed by atoms with Crippen molar-refractivity contribution in [1.29, 1.82) is 0 Å². The second-order valence-electron chi connectivity index (χ2n) is 5.43. The van der Waals surface area contributed by atoms with E-state index in [9.17, 15) is 4.79 Å². The number of aromatic nitrogens is 1. The molecule has 0 saturated heterocycles. The first-order valence-electron chi connectivity index (χ1n) is 7.82. The van der Waals surface area contributed by atoms with Gasteiger partial charge < -0.3 is 19.2 Å². The van der Waals surface area contributed by atoms with Crippen molar-refractivity contribution < 1.29 is 19.0 Å². The minimum absolute atomic E-state index is 0.320. The van der Waals surface area contributed by atoms with Gasteiger partial charge in [-0.1, -0.05) is 24.3 Å². The fraction of sp³-hybridized carbons (Fsp3) is 0.150. The van der Waals surface area contributed by atoms with Crippen molar-refractivity contribution in [2.45, 2.75) is 6.61 Å². The van der Waals surface area contributed by atoms with Gasteiger partial charge in [-0.3, -0.25) is 0 Å². The molecule has 25 heavy (non-hydrogen) atoms. The molecule has 3 rings (SSSR count). The lowest BCUT2D eigenvalue weighted by molar-refractivity contribution is -0.133. The van der Waals surface area contributed by atoms with Crippen molar-refractivity contribution in [1.82, 2.24) is 4.98 Å². The van der Waals surface area contributed by atoms with Crippen LogP contribution in [0.5, 0.6) is 5.75 Å². The maximum absolute atomic E-state index is 12.0. The van der Waals surface area contributed by atoms with E-state index in [2.05, 4.69) is 4.98 Å². The first-order valence-corrected chi connectivity index (χ1v) is 7.82. The molecule has 0 amide bonds. The molecule has 0 atom stereocenters. The van der Waals surface area contributed by atoms with Gasteiger partial charge in [-0.15, -0.1) is 0 Å². The molecule has 128 valence electrons. The van der Waals surface area contributed by atoms with E-state index >= 15 is 0 Å². The summed E-state index contributed by atoms with van der Waals surface area (Å²) < 4.78 is 15.8. The maximum Gasteiger partial charge on any atom is 0.341 e. The molecule has 5 nitrogen and oxygen atoms in total. The SMILES string of the molecule is COC=C(C(=O)OC)c1ccccc1COc1ccc2cc[nH]c2c1. The van der Waals surface area contributed by atoms with E-state index in [-0.39, 0.29) is 0 Å². The van der Waals surface area contributed by atoms with E-state index in [1.54, 1.807) is 0 Å². The second kappa shape index (κ2) is 7.57. The number of rotatable bonds is 6. The fourth-order valence-electron chi connectivity index (χ4n) is 2.64. The maximum atomic E-state index is 12.0. The highest BCUT2D eigenvalue weighted by atomic mass is 16.5. The largest absolute Gasteiger partial charge is 0.503 e. The Labute approximate surface area is 145 Å². The molecule has 5 heteroatoms. The summed E-state index contributed by atoms with van der Waals surface area (Å²) in [4.78, 5) is 15.2. The van der Waals surface area contributed by atoms with Crippen LogP contribution in [0.15, 0.2) is 61.0 Å². The number of ether oxygens (including phenoxy) is 3. The zero-order valence-corrected chi connectivity index (χ0v) is 14.1.